The molecule has 21 heavy (non-hydrogen) atoms. The maximum Gasteiger partial charge on any atom is 0.224 e. The molecule has 0 aliphatic heterocycles. The summed E-state index contributed by atoms with van der Waals surface area (Å²) in [6.07, 6.45) is 1.18. The molecule has 1 amide bonds. The average Bonchev–Trinajstić information content (AvgIpc) is 2.28. The third-order valence-corrected chi connectivity index (χ3v) is 3.82. The molecule has 0 saturated carbocycles. The number of hydrogen-bond acceptors (Lipinski definition) is 3. The predicted molar refractivity (Wildman–Crippen MR) is 95.6 cm³/mol. The molecule has 0 aliphatic rings. The van der Waals surface area contributed by atoms with E-state index in [-0.39, 0.29) is 29.1 Å². The molecule has 120 valence electrons. The minimum absolute atomic E-state index is 0. The van der Waals surface area contributed by atoms with Crippen molar-refractivity contribution in [3.8, 4) is 0 Å². The predicted octanol–water partition coefficient (Wildman–Crippen LogP) is 4.37. The Morgan fingerprint density at radius 2 is 2.00 bits per heavy atom. The van der Waals surface area contributed by atoms with E-state index >= 15 is 0 Å². The molecule has 1 atom stereocenters. The van der Waals surface area contributed by atoms with E-state index in [1.54, 1.807) is 0 Å². The summed E-state index contributed by atoms with van der Waals surface area (Å²) in [4.78, 5) is 13.0. The van der Waals surface area contributed by atoms with Crippen LogP contribution in [0.5, 0.6) is 0 Å². The highest BCUT2D eigenvalue weighted by atomic mass is 35.5. The lowest BCUT2D eigenvalue weighted by Gasteiger charge is -2.18. The molecule has 0 radical (unpaired) electrons. The van der Waals surface area contributed by atoms with Gasteiger partial charge in [0, 0.05) is 27.8 Å². The fourth-order valence-corrected chi connectivity index (χ4v) is 2.84. The Labute approximate surface area is 138 Å². The zero-order valence-corrected chi connectivity index (χ0v) is 15.2. The van der Waals surface area contributed by atoms with Crippen molar-refractivity contribution in [1.82, 2.24) is 0 Å². The van der Waals surface area contributed by atoms with Gasteiger partial charge in [-0.05, 0) is 44.0 Å². The van der Waals surface area contributed by atoms with Crippen LogP contribution in [-0.2, 0) is 4.79 Å². The fraction of sp³-hybridized carbons (Fsp3) is 0.562. The molecule has 1 aromatic carbocycles. The summed E-state index contributed by atoms with van der Waals surface area (Å²) in [5.74, 6) is 0.0293. The molecule has 0 bridgehead atoms. The number of halogens is 1. The number of thioether (sulfide) groups is 1. The Morgan fingerprint density at radius 3 is 2.48 bits per heavy atom. The summed E-state index contributed by atoms with van der Waals surface area (Å²) in [6, 6.07) is 6.22. The molecule has 0 heterocycles. The van der Waals surface area contributed by atoms with Crippen molar-refractivity contribution in [2.75, 3.05) is 5.32 Å². The molecule has 1 rings (SSSR count). The van der Waals surface area contributed by atoms with Gasteiger partial charge in [0.05, 0.1) is 0 Å². The lowest BCUT2D eigenvalue weighted by atomic mass is 10.1. The van der Waals surface area contributed by atoms with Gasteiger partial charge in [-0.3, -0.25) is 4.79 Å². The number of hydrogen-bond donors (Lipinski definition) is 2. The first-order valence-electron chi connectivity index (χ1n) is 7.02. The van der Waals surface area contributed by atoms with E-state index in [1.807, 2.05) is 31.7 Å². The molecule has 3 nitrogen and oxygen atoms in total. The van der Waals surface area contributed by atoms with Crippen molar-refractivity contribution in [2.45, 2.75) is 63.1 Å². The van der Waals surface area contributed by atoms with E-state index in [4.69, 9.17) is 5.73 Å². The number of amides is 1. The molecule has 0 aliphatic carbocycles. The van der Waals surface area contributed by atoms with Crippen LogP contribution in [0.3, 0.4) is 0 Å². The van der Waals surface area contributed by atoms with Crippen LogP contribution >= 0.6 is 24.2 Å². The van der Waals surface area contributed by atoms with Crippen LogP contribution in [0.1, 0.15) is 46.1 Å². The number of benzene rings is 1. The number of carbonyl (C=O) groups excluding carboxylic acids is 1. The summed E-state index contributed by atoms with van der Waals surface area (Å²) < 4.78 is 0.189. The van der Waals surface area contributed by atoms with Crippen LogP contribution in [0.2, 0.25) is 0 Å². The van der Waals surface area contributed by atoms with Crippen molar-refractivity contribution < 1.29 is 4.79 Å². The maximum atomic E-state index is 11.8. The zero-order chi connectivity index (χ0) is 15.3. The van der Waals surface area contributed by atoms with Crippen molar-refractivity contribution in [3.63, 3.8) is 0 Å². The van der Waals surface area contributed by atoms with Gasteiger partial charge >= 0.3 is 0 Å². The van der Waals surface area contributed by atoms with Crippen LogP contribution < -0.4 is 11.1 Å². The van der Waals surface area contributed by atoms with Crippen LogP contribution in [0, 0.1) is 6.92 Å². The summed E-state index contributed by atoms with van der Waals surface area (Å²) in [5, 5.41) is 2.95. The Hall–Kier alpha value is -0.710. The second-order valence-electron chi connectivity index (χ2n) is 6.26. The van der Waals surface area contributed by atoms with E-state index in [9.17, 15) is 4.79 Å². The molecular formula is C16H27ClN2OS. The Bertz CT molecular complexity index is 470. The quantitative estimate of drug-likeness (QED) is 0.788. The van der Waals surface area contributed by atoms with E-state index < -0.39 is 0 Å². The van der Waals surface area contributed by atoms with Gasteiger partial charge in [-0.2, -0.15) is 0 Å². The minimum Gasteiger partial charge on any atom is -0.328 e. The second-order valence-corrected chi connectivity index (χ2v) is 8.16. The summed E-state index contributed by atoms with van der Waals surface area (Å²) >= 11 is 1.83. The van der Waals surface area contributed by atoms with Gasteiger partial charge in [0.2, 0.25) is 5.91 Å². The Kier molecular flexibility index (Phi) is 8.37. The molecule has 0 fully saturated rings. The first-order valence-corrected chi connectivity index (χ1v) is 7.84. The van der Waals surface area contributed by atoms with Gasteiger partial charge in [0.25, 0.3) is 0 Å². The SMILES string of the molecule is Cc1cc(SC(C)(C)C)ccc1NC(=O)CCC(C)N.Cl. The first-order chi connectivity index (χ1) is 9.17. The van der Waals surface area contributed by atoms with Crippen LogP contribution in [-0.4, -0.2) is 16.7 Å². The number of aryl methyl sites for hydroxylation is 1. The largest absolute Gasteiger partial charge is 0.328 e. The molecule has 5 heteroatoms. The summed E-state index contributed by atoms with van der Waals surface area (Å²) in [7, 11) is 0. The number of carbonyl (C=O) groups is 1. The minimum atomic E-state index is 0. The van der Waals surface area contributed by atoms with Crippen LogP contribution in [0.4, 0.5) is 5.69 Å². The van der Waals surface area contributed by atoms with Crippen molar-refractivity contribution in [1.29, 1.82) is 0 Å². The third-order valence-electron chi connectivity index (χ3n) is 2.72. The maximum absolute atomic E-state index is 11.8. The average molecular weight is 331 g/mol. The van der Waals surface area contributed by atoms with E-state index in [1.165, 1.54) is 4.90 Å². The van der Waals surface area contributed by atoms with E-state index in [2.05, 4.69) is 38.2 Å². The van der Waals surface area contributed by atoms with Crippen molar-refractivity contribution >= 4 is 35.8 Å². The number of nitrogens with two attached hydrogens (primary N) is 1. The second kappa shape index (κ2) is 8.66. The Balaban J connectivity index is 0.00000400. The van der Waals surface area contributed by atoms with Gasteiger partial charge in [0.15, 0.2) is 0 Å². The molecule has 0 aromatic heterocycles. The molecule has 0 spiro atoms. The van der Waals surface area contributed by atoms with Gasteiger partial charge in [-0.15, -0.1) is 24.2 Å². The molecule has 3 N–H and O–H groups in total. The van der Waals surface area contributed by atoms with Gasteiger partial charge in [-0.1, -0.05) is 20.8 Å². The highest BCUT2D eigenvalue weighted by molar-refractivity contribution is 8.00. The first kappa shape index (κ1) is 20.3. The van der Waals surface area contributed by atoms with Crippen LogP contribution in [0.25, 0.3) is 0 Å². The van der Waals surface area contributed by atoms with Crippen molar-refractivity contribution in [3.05, 3.63) is 23.8 Å². The third kappa shape index (κ3) is 8.34. The van der Waals surface area contributed by atoms with Crippen LogP contribution in [0.15, 0.2) is 23.1 Å². The standard InChI is InChI=1S/C16H26N2OS.ClH/c1-11-10-13(20-16(3,4)5)7-8-14(11)18-15(19)9-6-12(2)17;/h7-8,10,12H,6,9,17H2,1-5H3,(H,18,19);1H. The number of rotatable bonds is 5. The zero-order valence-electron chi connectivity index (χ0n) is 13.5. The summed E-state index contributed by atoms with van der Waals surface area (Å²) in [5.41, 5.74) is 7.64. The van der Waals surface area contributed by atoms with Crippen molar-refractivity contribution in [2.24, 2.45) is 5.73 Å². The highest BCUT2D eigenvalue weighted by Crippen LogP contribution is 2.33. The highest BCUT2D eigenvalue weighted by Gasteiger charge is 2.13. The monoisotopic (exact) mass is 330 g/mol. The topological polar surface area (TPSA) is 55.1 Å². The summed E-state index contributed by atoms with van der Waals surface area (Å²) in [6.45, 7) is 10.5. The van der Waals surface area contributed by atoms with E-state index in [0.717, 1.165) is 11.3 Å². The molecule has 1 unspecified atom stereocenters. The molecular weight excluding hydrogens is 304 g/mol. The number of nitrogens with one attached hydrogen (secondary N) is 1. The lowest BCUT2D eigenvalue weighted by Crippen LogP contribution is -2.19. The molecule has 1 aromatic rings. The smallest absolute Gasteiger partial charge is 0.224 e. The van der Waals surface area contributed by atoms with Gasteiger partial charge in [0.1, 0.15) is 0 Å². The van der Waals surface area contributed by atoms with Gasteiger partial charge < -0.3 is 11.1 Å². The molecule has 0 saturated heterocycles. The van der Waals surface area contributed by atoms with Gasteiger partial charge in [-0.25, -0.2) is 0 Å². The number of anilines is 1. The van der Waals surface area contributed by atoms with E-state index in [0.29, 0.717) is 12.8 Å². The lowest BCUT2D eigenvalue weighted by molar-refractivity contribution is -0.116. The Morgan fingerprint density at radius 1 is 1.38 bits per heavy atom. The fourth-order valence-electron chi connectivity index (χ4n) is 1.76. The normalized spacial score (nSPS) is 12.5.